The average Bonchev–Trinajstić information content (AvgIpc) is 2.62. The second kappa shape index (κ2) is 4.73. The predicted molar refractivity (Wildman–Crippen MR) is 74.7 cm³/mol. The summed E-state index contributed by atoms with van der Waals surface area (Å²) in [6.07, 6.45) is 3.97. The molecule has 1 aromatic carbocycles. The second-order valence-electron chi connectivity index (χ2n) is 5.26. The van der Waals surface area contributed by atoms with Crippen LogP contribution in [-0.2, 0) is 13.6 Å². The van der Waals surface area contributed by atoms with Gasteiger partial charge in [0.1, 0.15) is 5.82 Å². The zero-order chi connectivity index (χ0) is 12.5. The lowest BCUT2D eigenvalue weighted by Crippen LogP contribution is -2.13. The fraction of sp³-hybridized carbons (Fsp3) is 0.533. The van der Waals surface area contributed by atoms with Crippen LogP contribution in [0.2, 0.25) is 0 Å². The van der Waals surface area contributed by atoms with Gasteiger partial charge in [0.25, 0.3) is 0 Å². The maximum Gasteiger partial charge on any atom is 0.112 e. The van der Waals surface area contributed by atoms with Crippen LogP contribution in [0, 0.1) is 0 Å². The quantitative estimate of drug-likeness (QED) is 0.894. The van der Waals surface area contributed by atoms with Crippen LogP contribution in [0.15, 0.2) is 18.2 Å². The van der Waals surface area contributed by atoms with E-state index in [9.17, 15) is 0 Å². The minimum Gasteiger partial charge on any atom is -0.331 e. The first-order chi connectivity index (χ1) is 8.79. The molecular formula is C15H21N3. The Morgan fingerprint density at radius 2 is 2.22 bits per heavy atom. The molecule has 3 rings (SSSR count). The highest BCUT2D eigenvalue weighted by Crippen LogP contribution is 2.36. The monoisotopic (exact) mass is 243 g/mol. The van der Waals surface area contributed by atoms with Gasteiger partial charge in [-0.3, -0.25) is 0 Å². The van der Waals surface area contributed by atoms with E-state index in [1.54, 1.807) is 0 Å². The first kappa shape index (κ1) is 11.7. The molecule has 1 N–H and O–H groups in total. The molecule has 0 bridgehead atoms. The smallest absolute Gasteiger partial charge is 0.112 e. The summed E-state index contributed by atoms with van der Waals surface area (Å²) in [6, 6.07) is 6.63. The van der Waals surface area contributed by atoms with Crippen LogP contribution in [0.3, 0.4) is 0 Å². The van der Waals surface area contributed by atoms with Crippen molar-refractivity contribution >= 4 is 11.0 Å². The summed E-state index contributed by atoms with van der Waals surface area (Å²) >= 11 is 0. The number of imidazole rings is 1. The summed E-state index contributed by atoms with van der Waals surface area (Å²) in [5.74, 6) is 1.97. The molecule has 1 aliphatic rings. The SMILES string of the molecule is CCNCc1ccc2c(c1)nc(C1CCC1)n2C. The molecule has 1 fully saturated rings. The van der Waals surface area contributed by atoms with Crippen molar-refractivity contribution in [1.82, 2.24) is 14.9 Å². The van der Waals surface area contributed by atoms with Crippen LogP contribution in [0.1, 0.15) is 43.5 Å². The lowest BCUT2D eigenvalue weighted by atomic mass is 9.85. The Kier molecular flexibility index (Phi) is 3.08. The second-order valence-corrected chi connectivity index (χ2v) is 5.26. The van der Waals surface area contributed by atoms with Crippen molar-refractivity contribution in [3.05, 3.63) is 29.6 Å². The minimum absolute atomic E-state index is 0.694. The van der Waals surface area contributed by atoms with Crippen molar-refractivity contribution in [3.63, 3.8) is 0 Å². The Labute approximate surface area is 108 Å². The molecule has 0 radical (unpaired) electrons. The summed E-state index contributed by atoms with van der Waals surface area (Å²) in [4.78, 5) is 4.84. The number of aryl methyl sites for hydroxylation is 1. The van der Waals surface area contributed by atoms with E-state index in [1.807, 2.05) is 0 Å². The number of fused-ring (bicyclic) bond motifs is 1. The van der Waals surface area contributed by atoms with Gasteiger partial charge in [0.2, 0.25) is 0 Å². The number of hydrogen-bond acceptors (Lipinski definition) is 2. The maximum absolute atomic E-state index is 4.84. The van der Waals surface area contributed by atoms with Crippen LogP contribution < -0.4 is 5.32 Å². The fourth-order valence-electron chi connectivity index (χ4n) is 2.67. The van der Waals surface area contributed by atoms with E-state index in [2.05, 4.69) is 42.1 Å². The lowest BCUT2D eigenvalue weighted by molar-refractivity contribution is 0.395. The fourth-order valence-corrected chi connectivity index (χ4v) is 2.67. The molecule has 18 heavy (non-hydrogen) atoms. The van der Waals surface area contributed by atoms with E-state index >= 15 is 0 Å². The highest BCUT2D eigenvalue weighted by atomic mass is 15.1. The third-order valence-corrected chi connectivity index (χ3v) is 4.03. The molecule has 1 aliphatic carbocycles. The summed E-state index contributed by atoms with van der Waals surface area (Å²) in [5, 5.41) is 3.36. The molecular weight excluding hydrogens is 222 g/mol. The van der Waals surface area contributed by atoms with Crippen molar-refractivity contribution in [2.45, 2.75) is 38.6 Å². The maximum atomic E-state index is 4.84. The number of aromatic nitrogens is 2. The van der Waals surface area contributed by atoms with Gasteiger partial charge in [-0.2, -0.15) is 0 Å². The summed E-state index contributed by atoms with van der Waals surface area (Å²) < 4.78 is 2.27. The molecule has 96 valence electrons. The van der Waals surface area contributed by atoms with Crippen molar-refractivity contribution in [1.29, 1.82) is 0 Å². The van der Waals surface area contributed by atoms with E-state index in [4.69, 9.17) is 4.98 Å². The van der Waals surface area contributed by atoms with Crippen molar-refractivity contribution in [2.24, 2.45) is 7.05 Å². The normalized spacial score (nSPS) is 16.1. The first-order valence-corrected chi connectivity index (χ1v) is 6.95. The highest BCUT2D eigenvalue weighted by molar-refractivity contribution is 5.77. The van der Waals surface area contributed by atoms with Gasteiger partial charge in [0, 0.05) is 19.5 Å². The molecule has 0 unspecified atom stereocenters. The Morgan fingerprint density at radius 1 is 1.39 bits per heavy atom. The van der Waals surface area contributed by atoms with Gasteiger partial charge in [-0.25, -0.2) is 4.98 Å². The van der Waals surface area contributed by atoms with Crippen LogP contribution >= 0.6 is 0 Å². The molecule has 0 saturated heterocycles. The number of benzene rings is 1. The third-order valence-electron chi connectivity index (χ3n) is 4.03. The van der Waals surface area contributed by atoms with Gasteiger partial charge in [0.05, 0.1) is 11.0 Å². The molecule has 0 spiro atoms. The van der Waals surface area contributed by atoms with E-state index < -0.39 is 0 Å². The van der Waals surface area contributed by atoms with Crippen LogP contribution in [0.5, 0.6) is 0 Å². The average molecular weight is 243 g/mol. The Hall–Kier alpha value is -1.35. The minimum atomic E-state index is 0.694. The van der Waals surface area contributed by atoms with E-state index in [0.717, 1.165) is 18.6 Å². The largest absolute Gasteiger partial charge is 0.331 e. The van der Waals surface area contributed by atoms with Gasteiger partial charge in [-0.15, -0.1) is 0 Å². The third kappa shape index (κ3) is 1.93. The standard InChI is InChI=1S/C15H21N3/c1-3-16-10-11-7-8-14-13(9-11)17-15(18(14)2)12-5-4-6-12/h7-9,12,16H,3-6,10H2,1-2H3. The Balaban J connectivity index is 1.95. The van der Waals surface area contributed by atoms with E-state index in [1.165, 1.54) is 36.2 Å². The number of nitrogens with zero attached hydrogens (tertiary/aromatic N) is 2. The lowest BCUT2D eigenvalue weighted by Gasteiger charge is -2.24. The molecule has 3 nitrogen and oxygen atoms in total. The van der Waals surface area contributed by atoms with Crippen LogP contribution in [0.25, 0.3) is 11.0 Å². The zero-order valence-electron chi connectivity index (χ0n) is 11.2. The Bertz CT molecular complexity index is 552. The number of hydrogen-bond donors (Lipinski definition) is 1. The Morgan fingerprint density at radius 3 is 2.89 bits per heavy atom. The van der Waals surface area contributed by atoms with Crippen molar-refractivity contribution < 1.29 is 0 Å². The van der Waals surface area contributed by atoms with Crippen molar-refractivity contribution in [3.8, 4) is 0 Å². The molecule has 2 aromatic rings. The summed E-state index contributed by atoms with van der Waals surface area (Å²) in [7, 11) is 2.15. The van der Waals surface area contributed by atoms with Gasteiger partial charge in [0.15, 0.2) is 0 Å². The van der Waals surface area contributed by atoms with Gasteiger partial charge < -0.3 is 9.88 Å². The van der Waals surface area contributed by atoms with Gasteiger partial charge in [-0.05, 0) is 37.1 Å². The van der Waals surface area contributed by atoms with E-state index in [0.29, 0.717) is 5.92 Å². The molecule has 0 amide bonds. The number of rotatable bonds is 4. The molecule has 0 atom stereocenters. The van der Waals surface area contributed by atoms with Gasteiger partial charge in [-0.1, -0.05) is 19.4 Å². The van der Waals surface area contributed by atoms with Gasteiger partial charge >= 0.3 is 0 Å². The van der Waals surface area contributed by atoms with Crippen LogP contribution in [0.4, 0.5) is 0 Å². The van der Waals surface area contributed by atoms with Crippen molar-refractivity contribution in [2.75, 3.05) is 6.54 Å². The van der Waals surface area contributed by atoms with E-state index in [-0.39, 0.29) is 0 Å². The highest BCUT2D eigenvalue weighted by Gasteiger charge is 2.24. The molecule has 1 saturated carbocycles. The molecule has 1 heterocycles. The summed E-state index contributed by atoms with van der Waals surface area (Å²) in [6.45, 7) is 4.07. The molecule has 3 heteroatoms. The molecule has 1 aromatic heterocycles. The summed E-state index contributed by atoms with van der Waals surface area (Å²) in [5.41, 5.74) is 3.73. The zero-order valence-corrected chi connectivity index (χ0v) is 11.2. The van der Waals surface area contributed by atoms with Crippen LogP contribution in [-0.4, -0.2) is 16.1 Å². The molecule has 0 aliphatic heterocycles. The predicted octanol–water partition coefficient (Wildman–Crippen LogP) is 2.95. The topological polar surface area (TPSA) is 29.9 Å². The number of nitrogens with one attached hydrogen (secondary N) is 1. The first-order valence-electron chi connectivity index (χ1n) is 6.95.